The van der Waals surface area contributed by atoms with E-state index in [1.54, 1.807) is 0 Å². The summed E-state index contributed by atoms with van der Waals surface area (Å²) in [6.07, 6.45) is 1.61. The van der Waals surface area contributed by atoms with Crippen LogP contribution in [-0.2, 0) is 13.6 Å². The molecule has 0 aromatic heterocycles. The fourth-order valence-corrected chi connectivity index (χ4v) is 8.33. The van der Waals surface area contributed by atoms with Crippen LogP contribution < -0.4 is 9.96 Å². The van der Waals surface area contributed by atoms with Gasteiger partial charge in [-0.3, -0.25) is 4.79 Å². The van der Waals surface area contributed by atoms with Gasteiger partial charge in [-0.2, -0.15) is 0 Å². The van der Waals surface area contributed by atoms with Crippen LogP contribution in [0.1, 0.15) is 95.9 Å². The molecule has 234 valence electrons. The summed E-state index contributed by atoms with van der Waals surface area (Å²) in [7, 11) is -7.88. The van der Waals surface area contributed by atoms with Crippen LogP contribution in [0.5, 0.6) is 0 Å². The summed E-state index contributed by atoms with van der Waals surface area (Å²) < 4.78 is 13.4. The van der Waals surface area contributed by atoms with E-state index in [-0.39, 0.29) is 38.3 Å². The molecule has 0 aliphatic rings. The standard InChI is InChI=1S/C30H70N2O3Si4/c1-27(2,3)36(13,14)31-23-24(34-38(17,18)29(7,8)9)21-22-25(32-37(15,16)28(4,5)6)26(33)35-39(19,20)30(10,11)12/h24-25,31-32H,21-23H2,1-20H3. The Labute approximate surface area is 249 Å². The van der Waals surface area contributed by atoms with Crippen LogP contribution in [0.2, 0.25) is 72.5 Å². The minimum Gasteiger partial charge on any atom is -0.518 e. The van der Waals surface area contributed by atoms with E-state index in [1.165, 1.54) is 0 Å². The maximum absolute atomic E-state index is 13.8. The zero-order chi connectivity index (χ0) is 31.7. The van der Waals surface area contributed by atoms with Gasteiger partial charge in [0.05, 0.1) is 12.1 Å². The maximum atomic E-state index is 13.8. The topological polar surface area (TPSA) is 59.6 Å². The number of hydrogen-bond acceptors (Lipinski definition) is 5. The van der Waals surface area contributed by atoms with Gasteiger partial charge < -0.3 is 18.8 Å². The molecule has 0 amide bonds. The summed E-state index contributed by atoms with van der Waals surface area (Å²) in [6, 6.07) is -0.321. The average molecular weight is 619 g/mol. The quantitative estimate of drug-likeness (QED) is 0.213. The highest BCUT2D eigenvalue weighted by atomic mass is 28.4. The van der Waals surface area contributed by atoms with E-state index in [9.17, 15) is 4.79 Å². The van der Waals surface area contributed by atoms with Gasteiger partial charge in [-0.25, -0.2) is 0 Å². The Kier molecular flexibility index (Phi) is 12.9. The first kappa shape index (κ1) is 39.2. The first-order valence-electron chi connectivity index (χ1n) is 15.2. The van der Waals surface area contributed by atoms with Gasteiger partial charge in [-0.15, -0.1) is 0 Å². The lowest BCUT2D eigenvalue weighted by molar-refractivity contribution is -0.137. The Morgan fingerprint density at radius 1 is 0.615 bits per heavy atom. The average Bonchev–Trinajstić information content (AvgIpc) is 2.64. The zero-order valence-corrected chi connectivity index (χ0v) is 34.0. The molecule has 0 aliphatic heterocycles. The Morgan fingerprint density at radius 3 is 1.38 bits per heavy atom. The molecule has 2 atom stereocenters. The van der Waals surface area contributed by atoms with Gasteiger partial charge in [0.2, 0.25) is 0 Å². The largest absolute Gasteiger partial charge is 0.518 e. The predicted molar refractivity (Wildman–Crippen MR) is 184 cm³/mol. The predicted octanol–water partition coefficient (Wildman–Crippen LogP) is 9.26. The number of carbonyl (C=O) groups excluding carboxylic acids is 1. The van der Waals surface area contributed by atoms with Gasteiger partial charge in [0.25, 0.3) is 8.32 Å². The molecular weight excluding hydrogens is 549 g/mol. The van der Waals surface area contributed by atoms with E-state index in [4.69, 9.17) is 8.85 Å². The van der Waals surface area contributed by atoms with Crippen molar-refractivity contribution < 1.29 is 13.6 Å². The summed E-state index contributed by atoms with van der Waals surface area (Å²) in [5, 5.41) is 0.463. The molecule has 0 heterocycles. The molecule has 5 nitrogen and oxygen atoms in total. The highest BCUT2D eigenvalue weighted by Gasteiger charge is 2.45. The van der Waals surface area contributed by atoms with Gasteiger partial charge in [0.15, 0.2) is 8.32 Å². The second-order valence-electron chi connectivity index (χ2n) is 18.1. The number of carbonyl (C=O) groups is 1. The van der Waals surface area contributed by atoms with E-state index in [2.05, 4.69) is 145 Å². The van der Waals surface area contributed by atoms with Crippen LogP contribution in [0, 0.1) is 0 Å². The third-order valence-electron chi connectivity index (χ3n) is 10.5. The molecular formula is C30H70N2O3Si4. The highest BCUT2D eigenvalue weighted by molar-refractivity contribution is 6.78. The van der Waals surface area contributed by atoms with E-state index >= 15 is 0 Å². The van der Waals surface area contributed by atoms with Crippen LogP contribution in [0.25, 0.3) is 0 Å². The summed E-state index contributed by atoms with van der Waals surface area (Å²) in [6.45, 7) is 46.7. The smallest absolute Gasteiger partial charge is 0.309 e. The van der Waals surface area contributed by atoms with Crippen molar-refractivity contribution in [1.82, 2.24) is 9.96 Å². The molecule has 0 fully saturated rings. The summed E-state index contributed by atoms with van der Waals surface area (Å²) >= 11 is 0. The molecule has 2 N–H and O–H groups in total. The summed E-state index contributed by atoms with van der Waals surface area (Å²) in [5.41, 5.74) is 0. The Bertz CT molecular complexity index is 799. The number of hydrogen-bond donors (Lipinski definition) is 2. The number of rotatable bonds is 12. The van der Waals surface area contributed by atoms with Gasteiger partial charge in [-0.1, -0.05) is 109 Å². The first-order chi connectivity index (χ1) is 16.8. The van der Waals surface area contributed by atoms with Crippen molar-refractivity contribution in [3.63, 3.8) is 0 Å². The van der Waals surface area contributed by atoms with Crippen molar-refractivity contribution in [2.75, 3.05) is 6.54 Å². The van der Waals surface area contributed by atoms with Gasteiger partial charge in [-0.05, 0) is 59.2 Å². The molecule has 0 bridgehead atoms. The second kappa shape index (κ2) is 12.8. The lowest BCUT2D eigenvalue weighted by Gasteiger charge is -2.43. The van der Waals surface area contributed by atoms with Crippen molar-refractivity contribution in [3.8, 4) is 0 Å². The fourth-order valence-electron chi connectivity index (χ4n) is 3.16. The van der Waals surface area contributed by atoms with Gasteiger partial charge in [0.1, 0.15) is 16.5 Å². The first-order valence-corrected chi connectivity index (χ1v) is 27.0. The molecule has 0 rings (SSSR count). The van der Waals surface area contributed by atoms with Crippen LogP contribution in [-0.4, -0.2) is 57.8 Å². The van der Waals surface area contributed by atoms with Crippen LogP contribution in [0.3, 0.4) is 0 Å². The molecule has 2 unspecified atom stereocenters. The van der Waals surface area contributed by atoms with E-state index in [0.29, 0.717) is 0 Å². The van der Waals surface area contributed by atoms with Gasteiger partial charge in [0, 0.05) is 6.54 Å². The Balaban J connectivity index is 6.20. The van der Waals surface area contributed by atoms with Crippen molar-refractivity contribution in [1.29, 1.82) is 0 Å². The molecule has 39 heavy (non-hydrogen) atoms. The normalized spacial score (nSPS) is 16.7. The minimum atomic E-state index is -2.24. The molecule has 0 radical (unpaired) electrons. The molecule has 0 saturated carbocycles. The molecule has 0 saturated heterocycles. The lowest BCUT2D eigenvalue weighted by Crippen LogP contribution is -2.60. The summed E-state index contributed by atoms with van der Waals surface area (Å²) in [4.78, 5) is 21.7. The van der Waals surface area contributed by atoms with Crippen LogP contribution in [0.4, 0.5) is 0 Å². The molecule has 0 aromatic rings. The fraction of sp³-hybridized carbons (Fsp3) is 0.967. The third kappa shape index (κ3) is 11.4. The minimum absolute atomic E-state index is 0.0226. The van der Waals surface area contributed by atoms with Crippen molar-refractivity contribution in [3.05, 3.63) is 0 Å². The zero-order valence-electron chi connectivity index (χ0n) is 30.0. The highest BCUT2D eigenvalue weighted by Crippen LogP contribution is 2.40. The molecule has 0 aromatic carbocycles. The van der Waals surface area contributed by atoms with Gasteiger partial charge >= 0.3 is 5.97 Å². The van der Waals surface area contributed by atoms with E-state index < -0.39 is 33.1 Å². The Morgan fingerprint density at radius 2 is 1.03 bits per heavy atom. The number of nitrogens with one attached hydrogen (secondary N) is 2. The SMILES string of the molecule is CC(C)(C)[Si](C)(C)NCC(CCC(N[Si](C)(C)C(C)(C)C)C(=O)O[Si](C)(C)C(C)(C)C)O[Si](C)(C)C(C)(C)C. The second-order valence-corrected chi connectivity index (χ2v) is 37.7. The van der Waals surface area contributed by atoms with Crippen molar-refractivity contribution in [2.45, 2.75) is 181 Å². The third-order valence-corrected chi connectivity index (χ3v) is 29.1. The molecule has 0 spiro atoms. The summed E-state index contributed by atoms with van der Waals surface area (Å²) in [5.74, 6) is -0.0742. The van der Waals surface area contributed by atoms with Crippen LogP contribution in [0.15, 0.2) is 0 Å². The Hall–Kier alpha value is 0.218. The maximum Gasteiger partial charge on any atom is 0.309 e. The van der Waals surface area contributed by atoms with Crippen molar-refractivity contribution in [2.24, 2.45) is 0 Å². The van der Waals surface area contributed by atoms with E-state index in [1.807, 2.05) is 0 Å². The monoisotopic (exact) mass is 618 g/mol. The molecule has 9 heteroatoms. The van der Waals surface area contributed by atoms with E-state index in [0.717, 1.165) is 19.4 Å². The lowest BCUT2D eigenvalue weighted by atomic mass is 10.1. The molecule has 0 aliphatic carbocycles. The van der Waals surface area contributed by atoms with Crippen LogP contribution >= 0.6 is 0 Å². The van der Waals surface area contributed by atoms with Crippen molar-refractivity contribution >= 4 is 39.1 Å².